The van der Waals surface area contributed by atoms with Crippen LogP contribution in [0.4, 0.5) is 0 Å². The molecule has 0 saturated carbocycles. The molecular weight excluding hydrogens is 428 g/mol. The number of carbonyl (C=O) groups is 1. The van der Waals surface area contributed by atoms with Gasteiger partial charge in [-0.15, -0.1) is 10.2 Å². The third-order valence-corrected chi connectivity index (χ3v) is 5.35. The first kappa shape index (κ1) is 20.0. The van der Waals surface area contributed by atoms with Crippen LogP contribution >= 0.6 is 11.6 Å². The van der Waals surface area contributed by atoms with Crippen molar-refractivity contribution < 1.29 is 13.9 Å². The minimum atomic E-state index is -0.368. The molecule has 0 aliphatic heterocycles. The molecule has 32 heavy (non-hydrogen) atoms. The number of ether oxygens (including phenoxy) is 1. The number of para-hydroxylation sites is 1. The minimum Gasteiger partial charge on any atom is -0.495 e. The molecule has 0 aliphatic carbocycles. The Morgan fingerprint density at radius 3 is 2.66 bits per heavy atom. The van der Waals surface area contributed by atoms with Crippen molar-refractivity contribution >= 4 is 28.3 Å². The monoisotopic (exact) mass is 444 g/mol. The van der Waals surface area contributed by atoms with Gasteiger partial charge in [-0.3, -0.25) is 9.78 Å². The Hall–Kier alpha value is -3.97. The quantitative estimate of drug-likeness (QED) is 0.342. The van der Waals surface area contributed by atoms with E-state index in [4.69, 9.17) is 20.8 Å². The van der Waals surface area contributed by atoms with Crippen LogP contribution in [0.5, 0.6) is 5.75 Å². The van der Waals surface area contributed by atoms with Gasteiger partial charge in [0.1, 0.15) is 11.4 Å². The van der Waals surface area contributed by atoms with E-state index in [-0.39, 0.29) is 17.6 Å². The summed E-state index contributed by atoms with van der Waals surface area (Å²) in [6, 6.07) is 18.5. The molecule has 5 rings (SSSR count). The molecule has 3 heterocycles. The van der Waals surface area contributed by atoms with E-state index < -0.39 is 0 Å². The molecule has 3 aromatic heterocycles. The lowest BCUT2D eigenvalue weighted by Gasteiger charge is -2.09. The van der Waals surface area contributed by atoms with Crippen molar-refractivity contribution in [2.45, 2.75) is 6.54 Å². The Morgan fingerprint density at radius 2 is 1.91 bits per heavy atom. The zero-order chi connectivity index (χ0) is 22.1. The molecule has 0 spiro atoms. The predicted octanol–water partition coefficient (Wildman–Crippen LogP) is 5.03. The summed E-state index contributed by atoms with van der Waals surface area (Å²) in [5.74, 6) is 0.387. The Balaban J connectivity index is 1.57. The second-order valence-corrected chi connectivity index (χ2v) is 7.55. The number of pyridine rings is 1. The molecule has 8 heteroatoms. The molecule has 0 aliphatic rings. The fourth-order valence-electron chi connectivity index (χ4n) is 3.61. The number of nitrogens with zero attached hydrogens (tertiary/aromatic N) is 4. The number of hydrogen-bond donors (Lipinski definition) is 0. The van der Waals surface area contributed by atoms with Crippen molar-refractivity contribution in [3.8, 4) is 17.3 Å². The van der Waals surface area contributed by atoms with Gasteiger partial charge in [0.25, 0.3) is 17.6 Å². The van der Waals surface area contributed by atoms with Gasteiger partial charge in [0, 0.05) is 29.3 Å². The molecule has 0 radical (unpaired) electrons. The highest BCUT2D eigenvalue weighted by atomic mass is 35.5. The van der Waals surface area contributed by atoms with Gasteiger partial charge in [-0.1, -0.05) is 41.9 Å². The maximum atomic E-state index is 13.3. The number of methoxy groups -OCH3 is 1. The maximum Gasteiger partial charge on any atom is 0.289 e. The number of rotatable bonds is 6. The van der Waals surface area contributed by atoms with Crippen LogP contribution in [0, 0.1) is 0 Å². The van der Waals surface area contributed by atoms with Gasteiger partial charge in [0.05, 0.1) is 18.2 Å². The maximum absolute atomic E-state index is 13.3. The van der Waals surface area contributed by atoms with Crippen molar-refractivity contribution in [2.24, 2.45) is 0 Å². The molecule has 0 fully saturated rings. The van der Waals surface area contributed by atoms with Crippen molar-refractivity contribution in [3.05, 3.63) is 95.1 Å². The molecule has 0 unspecified atom stereocenters. The summed E-state index contributed by atoms with van der Waals surface area (Å²) in [6.45, 7) is 0.532. The number of fused-ring (bicyclic) bond motifs is 1. The predicted molar refractivity (Wildman–Crippen MR) is 120 cm³/mol. The molecule has 0 saturated heterocycles. The lowest BCUT2D eigenvalue weighted by Crippen LogP contribution is -2.02. The largest absolute Gasteiger partial charge is 0.495 e. The van der Waals surface area contributed by atoms with Crippen LogP contribution in [0.1, 0.15) is 21.8 Å². The summed E-state index contributed by atoms with van der Waals surface area (Å²) >= 11 is 6.02. The molecule has 0 bridgehead atoms. The summed E-state index contributed by atoms with van der Waals surface area (Å²) in [7, 11) is 1.60. The highest BCUT2D eigenvalue weighted by Crippen LogP contribution is 2.32. The number of benzene rings is 2. The summed E-state index contributed by atoms with van der Waals surface area (Å²) < 4.78 is 13.2. The molecule has 2 aromatic carbocycles. The zero-order valence-electron chi connectivity index (χ0n) is 17.0. The minimum absolute atomic E-state index is 0.0981. The summed E-state index contributed by atoms with van der Waals surface area (Å²) in [5.41, 5.74) is 2.79. The van der Waals surface area contributed by atoms with E-state index in [1.807, 2.05) is 53.1 Å². The lowest BCUT2D eigenvalue weighted by molar-refractivity contribution is 0.100. The van der Waals surface area contributed by atoms with Crippen molar-refractivity contribution in [2.75, 3.05) is 7.11 Å². The van der Waals surface area contributed by atoms with Crippen LogP contribution in [0.2, 0.25) is 5.02 Å². The smallest absolute Gasteiger partial charge is 0.289 e. The van der Waals surface area contributed by atoms with E-state index in [1.54, 1.807) is 31.6 Å². The average molecular weight is 445 g/mol. The van der Waals surface area contributed by atoms with Gasteiger partial charge in [0.2, 0.25) is 0 Å². The fraction of sp³-hybridized carbons (Fsp3) is 0.0833. The third kappa shape index (κ3) is 3.63. The first-order valence-electron chi connectivity index (χ1n) is 9.84. The molecule has 158 valence electrons. The van der Waals surface area contributed by atoms with Crippen LogP contribution in [0.15, 0.2) is 77.5 Å². The van der Waals surface area contributed by atoms with Gasteiger partial charge in [-0.2, -0.15) is 0 Å². The Labute approximate surface area is 188 Å². The van der Waals surface area contributed by atoms with Crippen LogP contribution < -0.4 is 4.74 Å². The summed E-state index contributed by atoms with van der Waals surface area (Å²) in [6.07, 6.45) is 3.41. The van der Waals surface area contributed by atoms with Crippen molar-refractivity contribution in [1.82, 2.24) is 19.7 Å². The van der Waals surface area contributed by atoms with E-state index in [0.717, 1.165) is 16.5 Å². The summed E-state index contributed by atoms with van der Waals surface area (Å²) in [4.78, 5) is 17.5. The summed E-state index contributed by atoms with van der Waals surface area (Å²) in [5, 5.41) is 9.35. The normalized spacial score (nSPS) is 11.1. The van der Waals surface area contributed by atoms with Crippen molar-refractivity contribution in [1.29, 1.82) is 0 Å². The van der Waals surface area contributed by atoms with E-state index in [9.17, 15) is 4.79 Å². The lowest BCUT2D eigenvalue weighted by atomic mass is 10.1. The number of halogens is 1. The molecule has 0 N–H and O–H groups in total. The number of aromatic nitrogens is 4. The topological polar surface area (TPSA) is 83.0 Å². The van der Waals surface area contributed by atoms with Gasteiger partial charge >= 0.3 is 0 Å². The highest BCUT2D eigenvalue weighted by molar-refractivity contribution is 6.30. The fourth-order valence-corrected chi connectivity index (χ4v) is 3.73. The zero-order valence-corrected chi connectivity index (χ0v) is 17.8. The van der Waals surface area contributed by atoms with Crippen molar-refractivity contribution in [3.63, 3.8) is 0 Å². The number of carbonyl (C=O) groups excluding carboxylic acids is 1. The molecule has 0 atom stereocenters. The van der Waals surface area contributed by atoms with Crippen LogP contribution in [0.3, 0.4) is 0 Å². The number of hydrogen-bond acceptors (Lipinski definition) is 6. The first-order chi connectivity index (χ1) is 15.6. The second-order valence-electron chi connectivity index (χ2n) is 7.11. The molecular formula is C24H17ClN4O3. The van der Waals surface area contributed by atoms with Gasteiger partial charge < -0.3 is 13.7 Å². The first-order valence-corrected chi connectivity index (χ1v) is 10.2. The SMILES string of the molecule is COc1cccc2c(C(=O)c3nnc(-c4ccccn4)o3)cn(Cc3ccc(Cl)cc3)c12. The van der Waals surface area contributed by atoms with E-state index in [1.165, 1.54) is 0 Å². The molecule has 7 nitrogen and oxygen atoms in total. The van der Waals surface area contributed by atoms with E-state index in [0.29, 0.717) is 28.6 Å². The van der Waals surface area contributed by atoms with Crippen LogP contribution in [-0.2, 0) is 6.54 Å². The Bertz CT molecular complexity index is 1410. The Kier molecular flexibility index (Phi) is 5.17. The van der Waals surface area contributed by atoms with Gasteiger partial charge in [-0.05, 0) is 35.9 Å². The second kappa shape index (κ2) is 8.28. The molecule has 5 aromatic rings. The highest BCUT2D eigenvalue weighted by Gasteiger charge is 2.24. The molecule has 0 amide bonds. The average Bonchev–Trinajstić information content (AvgIpc) is 3.46. The van der Waals surface area contributed by atoms with E-state index >= 15 is 0 Å². The van der Waals surface area contributed by atoms with Crippen LogP contribution in [-0.4, -0.2) is 32.6 Å². The van der Waals surface area contributed by atoms with Gasteiger partial charge in [-0.25, -0.2) is 0 Å². The Morgan fingerprint density at radius 1 is 1.06 bits per heavy atom. The standard InChI is InChI=1S/C24H17ClN4O3/c1-31-20-7-4-5-17-18(14-29(21(17)20)13-15-8-10-16(25)11-9-15)22(30)24-28-27-23(32-24)19-6-2-3-12-26-19/h2-12,14H,13H2,1H3. The van der Waals surface area contributed by atoms with Gasteiger partial charge in [0.15, 0.2) is 0 Å². The van der Waals surface area contributed by atoms with Crippen LogP contribution in [0.25, 0.3) is 22.5 Å². The third-order valence-electron chi connectivity index (χ3n) is 5.10. The van der Waals surface area contributed by atoms with E-state index in [2.05, 4.69) is 15.2 Å². The number of ketones is 1.